The Kier molecular flexibility index (Phi) is 13.3. The molecule has 7 nitrogen and oxygen atoms in total. The molecule has 1 amide bonds. The molecule has 0 aliphatic heterocycles. The maximum Gasteiger partial charge on any atom is 0.407 e. The number of nitrogens with zero attached hydrogens (tertiary/aromatic N) is 2. The maximum atomic E-state index is 13.1. The normalized spacial score (nSPS) is 14.6. The molecule has 10 heteroatoms. The quantitative estimate of drug-likeness (QED) is 0.121. The monoisotopic (exact) mass is 617 g/mol. The van der Waals surface area contributed by atoms with Crippen LogP contribution >= 0.6 is 30.1 Å². The molecule has 2 unspecified atom stereocenters. The molecule has 224 valence electrons. The van der Waals surface area contributed by atoms with Crippen LogP contribution in [0.2, 0.25) is 0 Å². The van der Waals surface area contributed by atoms with Crippen molar-refractivity contribution >= 4 is 36.2 Å². The number of ether oxygens (including phenoxy) is 1. The summed E-state index contributed by atoms with van der Waals surface area (Å²) < 4.78 is 20.5. The average molecular weight is 618 g/mol. The van der Waals surface area contributed by atoms with Gasteiger partial charge in [-0.05, 0) is 49.9 Å². The summed E-state index contributed by atoms with van der Waals surface area (Å²) in [5.41, 5.74) is 4.76. The third kappa shape index (κ3) is 10.2. The molecule has 1 aliphatic rings. The van der Waals surface area contributed by atoms with Crippen molar-refractivity contribution < 1.29 is 18.6 Å². The van der Waals surface area contributed by atoms with Gasteiger partial charge >= 0.3 is 6.09 Å². The Morgan fingerprint density at radius 3 is 2.15 bits per heavy atom. The third-order valence-corrected chi connectivity index (χ3v) is 11.8. The topological polar surface area (TPSA) is 83.8 Å². The van der Waals surface area contributed by atoms with Crippen LogP contribution < -0.4 is 5.32 Å². The van der Waals surface area contributed by atoms with Gasteiger partial charge in [-0.3, -0.25) is 0 Å². The van der Waals surface area contributed by atoms with Crippen LogP contribution in [-0.2, 0) is 13.8 Å². The summed E-state index contributed by atoms with van der Waals surface area (Å²) in [4.78, 5) is 13.1. The molecule has 0 bridgehead atoms. The zero-order valence-corrected chi connectivity index (χ0v) is 27.8. The number of benzene rings is 2. The van der Waals surface area contributed by atoms with Gasteiger partial charge in [0.05, 0.1) is 31.7 Å². The van der Waals surface area contributed by atoms with E-state index in [1.54, 1.807) is 21.6 Å². The summed E-state index contributed by atoms with van der Waals surface area (Å²) in [6.07, 6.45) is -0.160. The molecule has 0 aromatic heterocycles. The second-order valence-corrected chi connectivity index (χ2v) is 16.1. The van der Waals surface area contributed by atoms with Crippen LogP contribution in [0.25, 0.3) is 11.1 Å². The van der Waals surface area contributed by atoms with Crippen LogP contribution in [0, 0.1) is 11.3 Å². The molecule has 0 heterocycles. The number of hydrogen-bond donors (Lipinski definition) is 1. The highest BCUT2D eigenvalue weighted by molar-refractivity contribution is 8.77. The molecule has 41 heavy (non-hydrogen) atoms. The smallest absolute Gasteiger partial charge is 0.407 e. The summed E-state index contributed by atoms with van der Waals surface area (Å²) in [7, 11) is 2.07. The fourth-order valence-corrected chi connectivity index (χ4v) is 8.87. The lowest BCUT2D eigenvalue weighted by molar-refractivity contribution is 0.131. The molecule has 2 aromatic rings. The summed E-state index contributed by atoms with van der Waals surface area (Å²) in [5.74, 6) is 0.650. The van der Waals surface area contributed by atoms with Crippen molar-refractivity contribution in [3.63, 3.8) is 0 Å². The van der Waals surface area contributed by atoms with E-state index in [4.69, 9.17) is 19.0 Å². The third-order valence-electron chi connectivity index (χ3n) is 6.29. The number of hydrogen-bond acceptors (Lipinski definition) is 8. The van der Waals surface area contributed by atoms with Crippen molar-refractivity contribution in [3.8, 4) is 17.2 Å². The first kappa shape index (κ1) is 33.7. The van der Waals surface area contributed by atoms with E-state index in [2.05, 4.69) is 88.8 Å². The van der Waals surface area contributed by atoms with Crippen molar-refractivity contribution in [3.05, 3.63) is 59.7 Å². The predicted octanol–water partition coefficient (Wildman–Crippen LogP) is 8.37. The largest absolute Gasteiger partial charge is 0.449 e. The van der Waals surface area contributed by atoms with Crippen molar-refractivity contribution in [2.24, 2.45) is 0 Å². The molecule has 1 aliphatic carbocycles. The molecule has 0 saturated heterocycles. The Morgan fingerprint density at radius 2 is 1.61 bits per heavy atom. The molecule has 1 N–H and O–H groups in total. The van der Waals surface area contributed by atoms with Crippen LogP contribution in [0.3, 0.4) is 0 Å². The van der Waals surface area contributed by atoms with E-state index in [0.29, 0.717) is 18.8 Å². The Morgan fingerprint density at radius 1 is 1.02 bits per heavy atom. The molecule has 2 aromatic carbocycles. The highest BCUT2D eigenvalue weighted by Gasteiger charge is 2.31. The number of carbonyl (C=O) groups excluding carboxylic acids is 1. The Balaban J connectivity index is 1.67. The highest BCUT2D eigenvalue weighted by atomic mass is 33.1. The first-order valence-corrected chi connectivity index (χ1v) is 17.6. The van der Waals surface area contributed by atoms with Crippen LogP contribution in [0.15, 0.2) is 48.5 Å². The van der Waals surface area contributed by atoms with Gasteiger partial charge in [0.15, 0.2) is 0 Å². The fourth-order valence-electron chi connectivity index (χ4n) is 4.70. The Hall–Kier alpha value is -1.79. The lowest BCUT2D eigenvalue weighted by Gasteiger charge is -2.36. The fraction of sp³-hybridized carbons (Fsp3) is 0.548. The van der Waals surface area contributed by atoms with Crippen LogP contribution in [-0.4, -0.2) is 59.2 Å². The Labute approximate surface area is 255 Å². The molecule has 2 atom stereocenters. The molecular weight excluding hydrogens is 573 g/mol. The maximum absolute atomic E-state index is 13.1. The summed E-state index contributed by atoms with van der Waals surface area (Å²) >= 11 is 0. The number of rotatable bonds is 15. The lowest BCUT2D eigenvalue weighted by Crippen LogP contribution is -2.41. The molecular formula is C31H44N3O4PS2. The second kappa shape index (κ2) is 16.2. The molecule has 0 spiro atoms. The molecule has 0 radical (unpaired) electrons. The van der Waals surface area contributed by atoms with Gasteiger partial charge in [0.1, 0.15) is 6.61 Å². The average Bonchev–Trinajstić information content (AvgIpc) is 3.22. The van der Waals surface area contributed by atoms with E-state index >= 15 is 0 Å². The van der Waals surface area contributed by atoms with Crippen molar-refractivity contribution in [2.45, 2.75) is 83.7 Å². The zero-order valence-electron chi connectivity index (χ0n) is 25.3. The number of amides is 1. The second-order valence-electron chi connectivity index (χ2n) is 11.5. The minimum atomic E-state index is -1.41. The van der Waals surface area contributed by atoms with Gasteiger partial charge < -0.3 is 19.1 Å². The highest BCUT2D eigenvalue weighted by Crippen LogP contribution is 2.47. The van der Waals surface area contributed by atoms with Crippen LogP contribution in [0.5, 0.6) is 0 Å². The van der Waals surface area contributed by atoms with Crippen molar-refractivity contribution in [1.82, 2.24) is 9.99 Å². The van der Waals surface area contributed by atoms with E-state index in [1.165, 1.54) is 22.3 Å². The van der Waals surface area contributed by atoms with Gasteiger partial charge in [0, 0.05) is 28.5 Å². The Bertz CT molecular complexity index is 1120. The zero-order chi connectivity index (χ0) is 30.0. The van der Waals surface area contributed by atoms with Gasteiger partial charge in [-0.2, -0.15) is 5.26 Å². The minimum absolute atomic E-state index is 0.000634. The lowest BCUT2D eigenvalue weighted by atomic mass is 9.98. The van der Waals surface area contributed by atoms with Gasteiger partial charge in [-0.1, -0.05) is 90.9 Å². The number of carbonyl (C=O) groups is 1. The first-order chi connectivity index (χ1) is 19.5. The van der Waals surface area contributed by atoms with Gasteiger partial charge in [0.25, 0.3) is 8.53 Å². The number of fused-ring (bicyclic) bond motifs is 3. The van der Waals surface area contributed by atoms with E-state index in [-0.39, 0.29) is 42.0 Å². The SMILES string of the molecule is CC(C)N(C(C)C)P(OCCC#N)OCC(CSSC(C)(C)C)NC(=O)OCC1c2ccccc2-c2ccccc21. The summed E-state index contributed by atoms with van der Waals surface area (Å²) in [5, 5.41) is 12.1. The van der Waals surface area contributed by atoms with Crippen molar-refractivity contribution in [1.29, 1.82) is 5.26 Å². The molecule has 3 rings (SSSR count). The van der Waals surface area contributed by atoms with E-state index in [1.807, 2.05) is 24.3 Å². The van der Waals surface area contributed by atoms with E-state index in [9.17, 15) is 4.79 Å². The predicted molar refractivity (Wildman–Crippen MR) is 173 cm³/mol. The van der Waals surface area contributed by atoms with Gasteiger partial charge in [0.2, 0.25) is 0 Å². The number of nitrogens with one attached hydrogen (secondary N) is 1. The van der Waals surface area contributed by atoms with Gasteiger partial charge in [-0.15, -0.1) is 0 Å². The number of alkyl carbamates (subject to hydrolysis) is 1. The molecule has 0 fully saturated rings. The summed E-state index contributed by atoms with van der Waals surface area (Å²) in [6.45, 7) is 15.8. The minimum Gasteiger partial charge on any atom is -0.449 e. The van der Waals surface area contributed by atoms with E-state index < -0.39 is 14.6 Å². The summed E-state index contributed by atoms with van der Waals surface area (Å²) in [6, 6.07) is 18.9. The molecule has 0 saturated carbocycles. The van der Waals surface area contributed by atoms with E-state index in [0.717, 1.165) is 0 Å². The number of nitriles is 1. The standard InChI is InChI=1S/C31H44N3O4PS2/c1-22(2)34(23(3)4)39(37-18-12-17-32)38-19-24(21-40-41-31(5,6)7)33-30(35)36-20-29-27-15-10-8-13-25(27)26-14-9-11-16-28(26)29/h8-11,13-16,22-24,29H,12,18-21H2,1-7H3,(H,33,35). The van der Waals surface area contributed by atoms with Crippen LogP contribution in [0.4, 0.5) is 4.79 Å². The first-order valence-electron chi connectivity index (χ1n) is 14.1. The van der Waals surface area contributed by atoms with Gasteiger partial charge in [-0.25, -0.2) is 9.46 Å². The van der Waals surface area contributed by atoms with Crippen molar-refractivity contribution in [2.75, 3.05) is 25.6 Å². The van der Waals surface area contributed by atoms with Crippen LogP contribution in [0.1, 0.15) is 71.9 Å².